The SMILES string of the molecule is CC(C)C(C)(C)CNC1CCCSC1. The molecule has 0 saturated carbocycles. The molecule has 1 saturated heterocycles. The largest absolute Gasteiger partial charge is 0.313 e. The molecule has 2 heteroatoms. The van der Waals surface area contributed by atoms with Crippen LogP contribution >= 0.6 is 11.8 Å². The van der Waals surface area contributed by atoms with Gasteiger partial charge in [0, 0.05) is 18.3 Å². The summed E-state index contributed by atoms with van der Waals surface area (Å²) in [6, 6.07) is 0.770. The molecule has 0 amide bonds. The third-order valence-electron chi connectivity index (χ3n) is 3.57. The zero-order valence-electron chi connectivity index (χ0n) is 10.1. The molecule has 14 heavy (non-hydrogen) atoms. The minimum absolute atomic E-state index is 0.433. The predicted octanol–water partition coefficient (Wildman–Crippen LogP) is 3.15. The standard InChI is InChI=1S/C12H25NS/c1-10(2)12(3,4)9-13-11-6-5-7-14-8-11/h10-11,13H,5-9H2,1-4H3. The molecular formula is C12H25NS. The quantitative estimate of drug-likeness (QED) is 0.773. The molecular weight excluding hydrogens is 190 g/mol. The van der Waals surface area contributed by atoms with E-state index in [4.69, 9.17) is 0 Å². The Kier molecular flexibility index (Phi) is 4.78. The van der Waals surface area contributed by atoms with Gasteiger partial charge in [0.25, 0.3) is 0 Å². The number of nitrogens with one attached hydrogen (secondary N) is 1. The van der Waals surface area contributed by atoms with E-state index in [9.17, 15) is 0 Å². The fourth-order valence-corrected chi connectivity index (χ4v) is 2.62. The summed E-state index contributed by atoms with van der Waals surface area (Å²) in [7, 11) is 0. The van der Waals surface area contributed by atoms with Gasteiger partial charge in [0.15, 0.2) is 0 Å². The van der Waals surface area contributed by atoms with Crippen LogP contribution in [-0.4, -0.2) is 24.1 Å². The predicted molar refractivity (Wildman–Crippen MR) is 67.0 cm³/mol. The molecule has 1 N–H and O–H groups in total. The summed E-state index contributed by atoms with van der Waals surface area (Å²) in [5.74, 6) is 3.44. The van der Waals surface area contributed by atoms with Crippen molar-refractivity contribution in [1.29, 1.82) is 0 Å². The number of thioether (sulfide) groups is 1. The lowest BCUT2D eigenvalue weighted by molar-refractivity contribution is 0.228. The van der Waals surface area contributed by atoms with Crippen LogP contribution in [0.4, 0.5) is 0 Å². The van der Waals surface area contributed by atoms with Gasteiger partial charge < -0.3 is 5.32 Å². The van der Waals surface area contributed by atoms with E-state index in [0.29, 0.717) is 5.41 Å². The van der Waals surface area contributed by atoms with Crippen LogP contribution in [0.15, 0.2) is 0 Å². The maximum Gasteiger partial charge on any atom is 0.0158 e. The van der Waals surface area contributed by atoms with Crippen LogP contribution in [0.2, 0.25) is 0 Å². The topological polar surface area (TPSA) is 12.0 Å². The van der Waals surface area contributed by atoms with Crippen molar-refractivity contribution in [2.75, 3.05) is 18.1 Å². The van der Waals surface area contributed by atoms with E-state index in [1.54, 1.807) is 0 Å². The van der Waals surface area contributed by atoms with Gasteiger partial charge in [0.05, 0.1) is 0 Å². The van der Waals surface area contributed by atoms with Crippen molar-refractivity contribution >= 4 is 11.8 Å². The Morgan fingerprint density at radius 1 is 1.43 bits per heavy atom. The summed E-state index contributed by atoms with van der Waals surface area (Å²) in [5, 5.41) is 3.72. The summed E-state index contributed by atoms with van der Waals surface area (Å²) in [4.78, 5) is 0. The van der Waals surface area contributed by atoms with Crippen molar-refractivity contribution in [3.63, 3.8) is 0 Å². The van der Waals surface area contributed by atoms with E-state index < -0.39 is 0 Å². The highest BCUT2D eigenvalue weighted by atomic mass is 32.2. The van der Waals surface area contributed by atoms with Gasteiger partial charge in [-0.15, -0.1) is 0 Å². The van der Waals surface area contributed by atoms with E-state index in [-0.39, 0.29) is 0 Å². The Morgan fingerprint density at radius 2 is 2.14 bits per heavy atom. The van der Waals surface area contributed by atoms with Crippen LogP contribution in [-0.2, 0) is 0 Å². The van der Waals surface area contributed by atoms with Crippen LogP contribution in [0.5, 0.6) is 0 Å². The zero-order valence-corrected chi connectivity index (χ0v) is 10.9. The van der Waals surface area contributed by atoms with Gasteiger partial charge in [-0.1, -0.05) is 27.7 Å². The monoisotopic (exact) mass is 215 g/mol. The van der Waals surface area contributed by atoms with Crippen molar-refractivity contribution in [3.8, 4) is 0 Å². The normalized spacial score (nSPS) is 24.2. The molecule has 1 rings (SSSR count). The lowest BCUT2D eigenvalue weighted by Crippen LogP contribution is -2.41. The molecule has 0 aromatic carbocycles. The minimum atomic E-state index is 0.433. The van der Waals surface area contributed by atoms with E-state index in [1.165, 1.54) is 24.3 Å². The Bertz CT molecular complexity index is 160. The van der Waals surface area contributed by atoms with E-state index in [0.717, 1.165) is 18.5 Å². The molecule has 84 valence electrons. The molecule has 0 radical (unpaired) electrons. The molecule has 0 aliphatic carbocycles. The van der Waals surface area contributed by atoms with Crippen LogP contribution in [0.1, 0.15) is 40.5 Å². The Morgan fingerprint density at radius 3 is 2.64 bits per heavy atom. The molecule has 1 nitrogen and oxygen atoms in total. The highest BCUT2D eigenvalue weighted by Crippen LogP contribution is 2.26. The van der Waals surface area contributed by atoms with Gasteiger partial charge in [-0.25, -0.2) is 0 Å². The molecule has 1 atom stereocenters. The first kappa shape index (κ1) is 12.4. The van der Waals surface area contributed by atoms with Gasteiger partial charge in [-0.2, -0.15) is 11.8 Å². The molecule has 1 fully saturated rings. The fourth-order valence-electron chi connectivity index (χ4n) is 1.51. The lowest BCUT2D eigenvalue weighted by atomic mass is 9.81. The van der Waals surface area contributed by atoms with Crippen molar-refractivity contribution in [3.05, 3.63) is 0 Å². The van der Waals surface area contributed by atoms with Gasteiger partial charge in [-0.05, 0) is 29.9 Å². The number of hydrogen-bond acceptors (Lipinski definition) is 2. The average molecular weight is 215 g/mol. The van der Waals surface area contributed by atoms with Gasteiger partial charge in [-0.3, -0.25) is 0 Å². The second-order valence-corrected chi connectivity index (χ2v) is 6.59. The van der Waals surface area contributed by atoms with Crippen LogP contribution in [0.25, 0.3) is 0 Å². The second-order valence-electron chi connectivity index (χ2n) is 5.44. The average Bonchev–Trinajstić information content (AvgIpc) is 2.16. The first-order chi connectivity index (χ1) is 6.52. The fraction of sp³-hybridized carbons (Fsp3) is 1.00. The molecule has 1 heterocycles. The van der Waals surface area contributed by atoms with Crippen molar-refractivity contribution in [1.82, 2.24) is 5.32 Å². The van der Waals surface area contributed by atoms with Crippen molar-refractivity contribution in [2.24, 2.45) is 11.3 Å². The zero-order chi connectivity index (χ0) is 10.6. The molecule has 0 bridgehead atoms. The van der Waals surface area contributed by atoms with Crippen LogP contribution in [0, 0.1) is 11.3 Å². The van der Waals surface area contributed by atoms with Crippen LogP contribution < -0.4 is 5.32 Å². The molecule has 0 aromatic rings. The summed E-state index contributed by atoms with van der Waals surface area (Å²) in [5.41, 5.74) is 0.433. The van der Waals surface area contributed by atoms with E-state index >= 15 is 0 Å². The molecule has 0 spiro atoms. The highest BCUT2D eigenvalue weighted by Gasteiger charge is 2.23. The molecule has 1 aliphatic rings. The first-order valence-electron chi connectivity index (χ1n) is 5.83. The van der Waals surface area contributed by atoms with E-state index in [2.05, 4.69) is 44.8 Å². The lowest BCUT2D eigenvalue weighted by Gasteiger charge is -2.33. The van der Waals surface area contributed by atoms with Crippen molar-refractivity contribution < 1.29 is 0 Å². The summed E-state index contributed by atoms with van der Waals surface area (Å²) in [6.45, 7) is 10.5. The summed E-state index contributed by atoms with van der Waals surface area (Å²) < 4.78 is 0. The van der Waals surface area contributed by atoms with E-state index in [1.807, 2.05) is 0 Å². The van der Waals surface area contributed by atoms with Gasteiger partial charge >= 0.3 is 0 Å². The van der Waals surface area contributed by atoms with Crippen LogP contribution in [0.3, 0.4) is 0 Å². The first-order valence-corrected chi connectivity index (χ1v) is 6.99. The van der Waals surface area contributed by atoms with Crippen molar-refractivity contribution in [2.45, 2.75) is 46.6 Å². The number of rotatable bonds is 4. The molecule has 1 unspecified atom stereocenters. The minimum Gasteiger partial charge on any atom is -0.313 e. The third-order valence-corrected chi connectivity index (χ3v) is 4.79. The molecule has 1 aliphatic heterocycles. The third kappa shape index (κ3) is 3.82. The maximum atomic E-state index is 3.72. The van der Waals surface area contributed by atoms with Gasteiger partial charge in [0.2, 0.25) is 0 Å². The Hall–Kier alpha value is 0.310. The second kappa shape index (κ2) is 5.41. The highest BCUT2D eigenvalue weighted by molar-refractivity contribution is 7.99. The number of hydrogen-bond donors (Lipinski definition) is 1. The smallest absolute Gasteiger partial charge is 0.0158 e. The Balaban J connectivity index is 2.24. The maximum absolute atomic E-state index is 3.72. The summed E-state index contributed by atoms with van der Waals surface area (Å²) >= 11 is 2.10. The summed E-state index contributed by atoms with van der Waals surface area (Å²) in [6.07, 6.45) is 2.77. The molecule has 0 aromatic heterocycles. The van der Waals surface area contributed by atoms with Gasteiger partial charge in [0.1, 0.15) is 0 Å². The Labute approximate surface area is 93.4 Å².